The Balaban J connectivity index is 1.59. The summed E-state index contributed by atoms with van der Waals surface area (Å²) in [4.78, 5) is 25.0. The lowest BCUT2D eigenvalue weighted by atomic mass is 9.99. The van der Waals surface area contributed by atoms with Gasteiger partial charge in [-0.05, 0) is 67.6 Å². The number of carbonyl (C=O) groups is 1. The van der Waals surface area contributed by atoms with Crippen LogP contribution in [-0.4, -0.2) is 12.5 Å². The van der Waals surface area contributed by atoms with Crippen molar-refractivity contribution >= 4 is 27.8 Å². The molecule has 0 aliphatic rings. The lowest BCUT2D eigenvalue weighted by Gasteiger charge is -2.10. The van der Waals surface area contributed by atoms with E-state index in [4.69, 9.17) is 8.83 Å². The van der Waals surface area contributed by atoms with E-state index in [1.165, 1.54) is 12.1 Å². The number of hydrogen-bond acceptors (Lipinski definition) is 4. The molecule has 2 heterocycles. The molecule has 0 unspecified atom stereocenters. The second kappa shape index (κ2) is 7.78. The maximum Gasteiger partial charge on any atom is 0.340 e. The average Bonchev–Trinajstić information content (AvgIpc) is 3.07. The second-order valence-electron chi connectivity index (χ2n) is 7.59. The van der Waals surface area contributed by atoms with Crippen LogP contribution in [0.4, 0.5) is 4.39 Å². The van der Waals surface area contributed by atoms with E-state index in [1.807, 2.05) is 19.9 Å². The predicted octanol–water partition coefficient (Wildman–Crippen LogP) is 4.50. The lowest BCUT2D eigenvalue weighted by molar-refractivity contribution is -0.120. The number of furan rings is 1. The molecule has 0 radical (unpaired) electrons. The number of rotatable bonds is 5. The number of nitrogens with one attached hydrogen (secondary N) is 1. The third-order valence-corrected chi connectivity index (χ3v) is 5.43. The minimum absolute atomic E-state index is 0.0949. The molecule has 154 valence electrons. The highest BCUT2D eigenvalue weighted by atomic mass is 19.1. The van der Waals surface area contributed by atoms with Crippen LogP contribution >= 0.6 is 0 Å². The van der Waals surface area contributed by atoms with Crippen LogP contribution in [0.1, 0.15) is 27.8 Å². The topological polar surface area (TPSA) is 72.5 Å². The maximum atomic E-state index is 13.3. The predicted molar refractivity (Wildman–Crippen MR) is 113 cm³/mol. The first-order valence-corrected chi connectivity index (χ1v) is 9.80. The van der Waals surface area contributed by atoms with Crippen LogP contribution in [0.15, 0.2) is 50.2 Å². The molecule has 1 N–H and O–H groups in total. The molecule has 5 nitrogen and oxygen atoms in total. The summed E-state index contributed by atoms with van der Waals surface area (Å²) in [7, 11) is 0. The summed E-state index contributed by atoms with van der Waals surface area (Å²) in [5.41, 5.74) is 4.35. The quantitative estimate of drug-likeness (QED) is 0.494. The molecular weight excluding hydrogens is 385 g/mol. The third kappa shape index (κ3) is 3.61. The van der Waals surface area contributed by atoms with Crippen molar-refractivity contribution in [1.82, 2.24) is 5.32 Å². The summed E-state index contributed by atoms with van der Waals surface area (Å²) >= 11 is 0. The molecule has 2 aromatic carbocycles. The Kier molecular flexibility index (Phi) is 5.16. The maximum absolute atomic E-state index is 13.3. The van der Waals surface area contributed by atoms with Crippen molar-refractivity contribution in [2.45, 2.75) is 33.6 Å². The molecule has 6 heteroatoms. The number of benzene rings is 2. The molecule has 1 amide bonds. The van der Waals surface area contributed by atoms with Crippen LogP contribution in [0.5, 0.6) is 0 Å². The van der Waals surface area contributed by atoms with Gasteiger partial charge in [-0.3, -0.25) is 4.79 Å². The van der Waals surface area contributed by atoms with E-state index < -0.39 is 5.63 Å². The van der Waals surface area contributed by atoms with Gasteiger partial charge in [-0.1, -0.05) is 12.1 Å². The zero-order valence-corrected chi connectivity index (χ0v) is 17.1. The van der Waals surface area contributed by atoms with E-state index in [2.05, 4.69) is 5.32 Å². The number of aryl methyl sites for hydroxylation is 3. The van der Waals surface area contributed by atoms with Crippen molar-refractivity contribution in [3.05, 3.63) is 80.6 Å². The summed E-state index contributed by atoms with van der Waals surface area (Å²) in [6.45, 7) is 6.06. The highest BCUT2D eigenvalue weighted by Gasteiger charge is 2.19. The fourth-order valence-electron chi connectivity index (χ4n) is 3.94. The summed E-state index contributed by atoms with van der Waals surface area (Å²) in [6.07, 6.45) is 2.09. The number of hydrogen-bond donors (Lipinski definition) is 1. The van der Waals surface area contributed by atoms with E-state index >= 15 is 0 Å². The first-order valence-electron chi connectivity index (χ1n) is 9.80. The van der Waals surface area contributed by atoms with Crippen LogP contribution in [0.2, 0.25) is 0 Å². The van der Waals surface area contributed by atoms with Gasteiger partial charge in [-0.25, -0.2) is 9.18 Å². The third-order valence-electron chi connectivity index (χ3n) is 5.43. The molecular formula is C24H22FNO4. The SMILES string of the molecule is Cc1coc2c1c(C)cc1oc(=O)c(CC(=O)NCCc3cccc(F)c3)c(C)c12. The minimum Gasteiger partial charge on any atom is -0.463 e. The zero-order chi connectivity index (χ0) is 21.4. The molecule has 0 bridgehead atoms. The van der Waals surface area contributed by atoms with Gasteiger partial charge in [-0.2, -0.15) is 0 Å². The van der Waals surface area contributed by atoms with E-state index in [-0.39, 0.29) is 18.1 Å². The van der Waals surface area contributed by atoms with E-state index in [0.29, 0.717) is 40.6 Å². The summed E-state index contributed by atoms with van der Waals surface area (Å²) in [5.74, 6) is -0.599. The molecule has 0 saturated heterocycles. The molecule has 4 rings (SSSR count). The summed E-state index contributed by atoms with van der Waals surface area (Å²) < 4.78 is 24.5. The van der Waals surface area contributed by atoms with Gasteiger partial charge in [0.2, 0.25) is 5.91 Å². The summed E-state index contributed by atoms with van der Waals surface area (Å²) in [6, 6.07) is 8.08. The zero-order valence-electron chi connectivity index (χ0n) is 17.1. The molecule has 0 fully saturated rings. The molecule has 30 heavy (non-hydrogen) atoms. The van der Waals surface area contributed by atoms with Crippen molar-refractivity contribution in [3.8, 4) is 0 Å². The van der Waals surface area contributed by atoms with E-state index in [9.17, 15) is 14.0 Å². The molecule has 0 aliphatic carbocycles. The van der Waals surface area contributed by atoms with Crippen LogP contribution in [-0.2, 0) is 17.6 Å². The van der Waals surface area contributed by atoms with Gasteiger partial charge in [0.1, 0.15) is 17.0 Å². The van der Waals surface area contributed by atoms with E-state index in [1.54, 1.807) is 25.3 Å². The van der Waals surface area contributed by atoms with Gasteiger partial charge >= 0.3 is 5.63 Å². The standard InChI is InChI=1S/C24H22FNO4/c1-13-9-19-22(23-21(13)14(2)12-29-23)15(3)18(24(28)30-19)11-20(27)26-8-7-16-5-4-6-17(25)10-16/h4-6,9-10,12H,7-8,11H2,1-3H3,(H,26,27). The fourth-order valence-corrected chi connectivity index (χ4v) is 3.94. The van der Waals surface area contributed by atoms with Gasteiger partial charge in [0.25, 0.3) is 0 Å². The highest BCUT2D eigenvalue weighted by molar-refractivity contribution is 6.07. The molecule has 0 atom stereocenters. The first kappa shape index (κ1) is 19.9. The lowest BCUT2D eigenvalue weighted by Crippen LogP contribution is -2.29. The molecule has 4 aromatic rings. The Labute approximate surface area is 172 Å². The fraction of sp³-hybridized carbons (Fsp3) is 0.250. The summed E-state index contributed by atoms with van der Waals surface area (Å²) in [5, 5.41) is 4.49. The first-order chi connectivity index (χ1) is 14.3. The van der Waals surface area contributed by atoms with Crippen molar-refractivity contribution in [2.24, 2.45) is 0 Å². The van der Waals surface area contributed by atoms with Crippen LogP contribution in [0.3, 0.4) is 0 Å². The second-order valence-corrected chi connectivity index (χ2v) is 7.59. The van der Waals surface area contributed by atoms with Gasteiger partial charge in [0, 0.05) is 11.9 Å². The van der Waals surface area contributed by atoms with Gasteiger partial charge in [0.05, 0.1) is 23.6 Å². The number of amides is 1. The Bertz CT molecular complexity index is 1330. The smallest absolute Gasteiger partial charge is 0.340 e. The van der Waals surface area contributed by atoms with Crippen molar-refractivity contribution in [2.75, 3.05) is 6.54 Å². The number of fused-ring (bicyclic) bond motifs is 3. The molecule has 0 spiro atoms. The van der Waals surface area contributed by atoms with Crippen LogP contribution < -0.4 is 10.9 Å². The Morgan fingerprint density at radius 1 is 1.10 bits per heavy atom. The van der Waals surface area contributed by atoms with Crippen molar-refractivity contribution in [1.29, 1.82) is 0 Å². The number of carbonyl (C=O) groups excluding carboxylic acids is 1. The Morgan fingerprint density at radius 2 is 1.90 bits per heavy atom. The highest BCUT2D eigenvalue weighted by Crippen LogP contribution is 2.34. The largest absolute Gasteiger partial charge is 0.463 e. The minimum atomic E-state index is -0.526. The molecule has 0 saturated carbocycles. The van der Waals surface area contributed by atoms with Crippen molar-refractivity contribution in [3.63, 3.8) is 0 Å². The number of halogens is 1. The van der Waals surface area contributed by atoms with Crippen LogP contribution in [0, 0.1) is 26.6 Å². The van der Waals surface area contributed by atoms with Crippen LogP contribution in [0.25, 0.3) is 21.9 Å². The van der Waals surface area contributed by atoms with Crippen molar-refractivity contribution < 1.29 is 18.0 Å². The van der Waals surface area contributed by atoms with Gasteiger partial charge < -0.3 is 14.2 Å². The Morgan fingerprint density at radius 3 is 2.67 bits per heavy atom. The molecule has 0 aliphatic heterocycles. The van der Waals surface area contributed by atoms with E-state index in [0.717, 1.165) is 22.1 Å². The normalized spacial score (nSPS) is 11.3. The Hall–Kier alpha value is -3.41. The molecule has 2 aromatic heterocycles. The monoisotopic (exact) mass is 407 g/mol. The average molecular weight is 407 g/mol. The van der Waals surface area contributed by atoms with Gasteiger partial charge in [0.15, 0.2) is 0 Å². The van der Waals surface area contributed by atoms with Gasteiger partial charge in [-0.15, -0.1) is 0 Å².